The molecule has 110 valence electrons. The summed E-state index contributed by atoms with van der Waals surface area (Å²) in [5.74, 6) is 1.86. The molecule has 1 aromatic heterocycles. The Morgan fingerprint density at radius 2 is 1.67 bits per heavy atom. The van der Waals surface area contributed by atoms with E-state index in [-0.39, 0.29) is 5.41 Å². The molecule has 0 fully saturated rings. The fourth-order valence-corrected chi connectivity index (χ4v) is 3.95. The Labute approximate surface area is 139 Å². The number of anilines is 1. The van der Waals surface area contributed by atoms with E-state index in [2.05, 4.69) is 72.6 Å². The number of aromatic nitrogens is 2. The molecule has 0 radical (unpaired) electrons. The maximum atomic E-state index is 6.13. The summed E-state index contributed by atoms with van der Waals surface area (Å²) < 4.78 is 0.986. The van der Waals surface area contributed by atoms with E-state index < -0.39 is 0 Å². The van der Waals surface area contributed by atoms with Gasteiger partial charge in [0.15, 0.2) is 0 Å². The minimum Gasteiger partial charge on any atom is -0.383 e. The normalized spacial score (nSPS) is 15.2. The Balaban J connectivity index is 2.00. The zero-order chi connectivity index (χ0) is 15.2. The molecule has 21 heavy (non-hydrogen) atoms. The van der Waals surface area contributed by atoms with Crippen LogP contribution in [0.3, 0.4) is 0 Å². The van der Waals surface area contributed by atoms with Crippen molar-refractivity contribution in [3.05, 3.63) is 50.5 Å². The lowest BCUT2D eigenvalue weighted by Crippen LogP contribution is -2.20. The monoisotopic (exact) mass is 393 g/mol. The summed E-state index contributed by atoms with van der Waals surface area (Å²) in [4.78, 5) is 9.44. The highest BCUT2D eigenvalue weighted by Gasteiger charge is 2.28. The van der Waals surface area contributed by atoms with Gasteiger partial charge >= 0.3 is 0 Å². The van der Waals surface area contributed by atoms with Gasteiger partial charge in [0.2, 0.25) is 0 Å². The molecule has 0 saturated heterocycles. The van der Waals surface area contributed by atoms with Gasteiger partial charge in [-0.15, -0.1) is 0 Å². The van der Waals surface area contributed by atoms with Crippen molar-refractivity contribution >= 4 is 28.4 Å². The van der Waals surface area contributed by atoms with Gasteiger partial charge in [-0.2, -0.15) is 0 Å². The maximum Gasteiger partial charge on any atom is 0.140 e. The molecule has 3 nitrogen and oxygen atoms in total. The first kappa shape index (κ1) is 14.8. The van der Waals surface area contributed by atoms with Crippen LogP contribution in [0.1, 0.15) is 49.3 Å². The fourth-order valence-electron chi connectivity index (χ4n) is 2.90. The number of nitrogens with zero attached hydrogens (tertiary/aromatic N) is 2. The molecule has 0 aliphatic heterocycles. The number of nitrogens with two attached hydrogens (primary N) is 1. The van der Waals surface area contributed by atoms with Crippen molar-refractivity contribution in [3.8, 4) is 0 Å². The number of fused-ring (bicyclic) bond motifs is 1. The van der Waals surface area contributed by atoms with Gasteiger partial charge in [0.25, 0.3) is 0 Å². The third-order valence-corrected chi connectivity index (χ3v) is 5.08. The lowest BCUT2D eigenvalue weighted by Gasteiger charge is -2.22. The van der Waals surface area contributed by atoms with Gasteiger partial charge in [0.05, 0.1) is 9.26 Å². The zero-order valence-corrected chi connectivity index (χ0v) is 14.8. The molecular weight excluding hydrogens is 373 g/mol. The van der Waals surface area contributed by atoms with Crippen molar-refractivity contribution in [2.45, 2.75) is 44.9 Å². The fraction of sp³-hybridized carbons (Fsp3) is 0.412. The first-order chi connectivity index (χ1) is 9.86. The van der Waals surface area contributed by atoms with Gasteiger partial charge in [-0.05, 0) is 46.6 Å². The minimum absolute atomic E-state index is 0.0201. The molecule has 3 rings (SSSR count). The molecule has 0 unspecified atom stereocenters. The molecule has 2 N–H and O–H groups in total. The highest BCUT2D eigenvalue weighted by molar-refractivity contribution is 14.1. The largest absolute Gasteiger partial charge is 0.383 e. The summed E-state index contributed by atoms with van der Waals surface area (Å²) in [5.41, 5.74) is 10.0. The van der Waals surface area contributed by atoms with Crippen LogP contribution in [0.4, 0.5) is 5.82 Å². The molecule has 0 saturated carbocycles. The van der Waals surface area contributed by atoms with Crippen molar-refractivity contribution in [2.24, 2.45) is 0 Å². The average molecular weight is 393 g/mol. The second kappa shape index (κ2) is 5.23. The van der Waals surface area contributed by atoms with Crippen LogP contribution in [0.2, 0.25) is 0 Å². The van der Waals surface area contributed by atoms with Gasteiger partial charge < -0.3 is 5.73 Å². The van der Waals surface area contributed by atoms with Crippen molar-refractivity contribution in [1.29, 1.82) is 0 Å². The van der Waals surface area contributed by atoms with Gasteiger partial charge in [-0.1, -0.05) is 45.0 Å². The van der Waals surface area contributed by atoms with E-state index in [1.165, 1.54) is 11.1 Å². The van der Waals surface area contributed by atoms with Crippen LogP contribution >= 0.6 is 22.6 Å². The second-order valence-corrected chi connectivity index (χ2v) is 7.83. The number of rotatable bonds is 1. The van der Waals surface area contributed by atoms with Crippen LogP contribution in [-0.4, -0.2) is 9.97 Å². The number of benzene rings is 1. The molecule has 0 spiro atoms. The molecule has 4 heteroatoms. The van der Waals surface area contributed by atoms with Crippen molar-refractivity contribution < 1.29 is 0 Å². The summed E-state index contributed by atoms with van der Waals surface area (Å²) >= 11 is 2.26. The molecule has 2 aromatic rings. The lowest BCUT2D eigenvalue weighted by atomic mass is 9.91. The summed E-state index contributed by atoms with van der Waals surface area (Å²) in [5, 5.41) is 0. The third-order valence-electron chi connectivity index (χ3n) is 4.02. The Hall–Kier alpha value is -1.17. The molecular formula is C17H20IN3. The minimum atomic E-state index is -0.0201. The van der Waals surface area contributed by atoms with Crippen LogP contribution < -0.4 is 5.73 Å². The molecule has 1 heterocycles. The van der Waals surface area contributed by atoms with E-state index in [9.17, 15) is 0 Å². The zero-order valence-electron chi connectivity index (χ0n) is 12.7. The quantitative estimate of drug-likeness (QED) is 0.749. The van der Waals surface area contributed by atoms with Crippen molar-refractivity contribution in [2.75, 3.05) is 5.73 Å². The van der Waals surface area contributed by atoms with Crippen molar-refractivity contribution in [3.63, 3.8) is 0 Å². The Morgan fingerprint density at radius 1 is 1.10 bits per heavy atom. The van der Waals surface area contributed by atoms with Crippen LogP contribution in [0, 0.1) is 3.57 Å². The third kappa shape index (κ3) is 2.78. The summed E-state index contributed by atoms with van der Waals surface area (Å²) in [6.45, 7) is 6.51. The van der Waals surface area contributed by atoms with Crippen molar-refractivity contribution in [1.82, 2.24) is 9.97 Å². The van der Waals surface area contributed by atoms with Gasteiger partial charge in [-0.3, -0.25) is 0 Å². The van der Waals surface area contributed by atoms with Crippen LogP contribution in [-0.2, 0) is 18.3 Å². The number of halogens is 1. The lowest BCUT2D eigenvalue weighted by molar-refractivity contribution is 0.550. The molecule has 0 bridgehead atoms. The predicted octanol–water partition coefficient (Wildman–Crippen LogP) is 3.84. The number of nitrogen functional groups attached to an aromatic ring is 1. The molecule has 1 aliphatic rings. The highest BCUT2D eigenvalue weighted by Crippen LogP contribution is 2.35. The van der Waals surface area contributed by atoms with Gasteiger partial charge in [-0.25, -0.2) is 9.97 Å². The summed E-state index contributed by atoms with van der Waals surface area (Å²) in [6.07, 6.45) is 2.03. The Morgan fingerprint density at radius 3 is 2.19 bits per heavy atom. The van der Waals surface area contributed by atoms with E-state index in [0.717, 1.165) is 27.9 Å². The standard InChI is InChI=1S/C17H20IN3/c1-17(2,3)14-13(18)15(19)21-16(20-14)12-8-10-6-4-5-7-11(10)9-12/h4-7,12H,8-9H2,1-3H3,(H2,19,20,21). The first-order valence-corrected chi connectivity index (χ1v) is 8.34. The van der Waals surface area contributed by atoms with E-state index in [4.69, 9.17) is 10.7 Å². The summed E-state index contributed by atoms with van der Waals surface area (Å²) in [6, 6.07) is 8.61. The molecule has 0 atom stereocenters. The smallest absolute Gasteiger partial charge is 0.140 e. The SMILES string of the molecule is CC(C)(C)c1nc(C2Cc3ccccc3C2)nc(N)c1I. The van der Waals surface area contributed by atoms with Crippen LogP contribution in [0.15, 0.2) is 24.3 Å². The second-order valence-electron chi connectivity index (χ2n) is 6.75. The van der Waals surface area contributed by atoms with E-state index >= 15 is 0 Å². The average Bonchev–Trinajstić information content (AvgIpc) is 2.84. The summed E-state index contributed by atoms with van der Waals surface area (Å²) in [7, 11) is 0. The van der Waals surface area contributed by atoms with Gasteiger partial charge in [0, 0.05) is 11.3 Å². The Kier molecular flexibility index (Phi) is 3.67. The molecule has 1 aromatic carbocycles. The predicted molar refractivity (Wildman–Crippen MR) is 94.5 cm³/mol. The van der Waals surface area contributed by atoms with E-state index in [1.54, 1.807) is 0 Å². The highest BCUT2D eigenvalue weighted by atomic mass is 127. The van der Waals surface area contributed by atoms with E-state index in [1.807, 2.05) is 0 Å². The van der Waals surface area contributed by atoms with Crippen LogP contribution in [0.25, 0.3) is 0 Å². The Bertz CT molecular complexity index is 664. The number of hydrogen-bond donors (Lipinski definition) is 1. The van der Waals surface area contributed by atoms with Gasteiger partial charge in [0.1, 0.15) is 11.6 Å². The van der Waals surface area contributed by atoms with Crippen LogP contribution in [0.5, 0.6) is 0 Å². The topological polar surface area (TPSA) is 51.8 Å². The molecule has 0 amide bonds. The van der Waals surface area contributed by atoms with E-state index in [0.29, 0.717) is 11.7 Å². The number of hydrogen-bond acceptors (Lipinski definition) is 3. The molecule has 1 aliphatic carbocycles. The first-order valence-electron chi connectivity index (χ1n) is 7.26. The maximum absolute atomic E-state index is 6.13.